The number of ether oxygens (including phenoxy) is 1. The molecule has 1 saturated heterocycles. The number of nitrogens with one attached hydrogen (secondary N) is 1. The van der Waals surface area contributed by atoms with Crippen LogP contribution in [0, 0.1) is 0 Å². The van der Waals surface area contributed by atoms with E-state index in [4.69, 9.17) is 4.74 Å². The summed E-state index contributed by atoms with van der Waals surface area (Å²) >= 11 is 0. The van der Waals surface area contributed by atoms with Crippen LogP contribution >= 0.6 is 0 Å². The van der Waals surface area contributed by atoms with E-state index in [1.165, 1.54) is 0 Å². The summed E-state index contributed by atoms with van der Waals surface area (Å²) in [7, 11) is 0. The maximum absolute atomic E-state index is 12.4. The van der Waals surface area contributed by atoms with Crippen LogP contribution in [-0.4, -0.2) is 30.0 Å². The number of amides is 2. The Kier molecular flexibility index (Phi) is 4.57. The number of benzene rings is 2. The summed E-state index contributed by atoms with van der Waals surface area (Å²) in [5, 5.41) is 2.64. The van der Waals surface area contributed by atoms with E-state index in [9.17, 15) is 9.59 Å². The molecule has 1 heterocycles. The van der Waals surface area contributed by atoms with Gasteiger partial charge in [0.1, 0.15) is 5.75 Å². The van der Waals surface area contributed by atoms with Gasteiger partial charge < -0.3 is 9.64 Å². The summed E-state index contributed by atoms with van der Waals surface area (Å²) < 4.78 is 5.17. The Morgan fingerprint density at radius 3 is 2.43 bits per heavy atom. The number of hydrogen-bond acceptors (Lipinski definition) is 3. The van der Waals surface area contributed by atoms with Crippen molar-refractivity contribution in [2.75, 3.05) is 18.4 Å². The van der Waals surface area contributed by atoms with E-state index in [0.29, 0.717) is 17.0 Å². The van der Waals surface area contributed by atoms with E-state index in [1.807, 2.05) is 11.0 Å². The third-order valence-electron chi connectivity index (χ3n) is 3.70. The zero-order chi connectivity index (χ0) is 16.1. The number of hydrogen-bond donors (Lipinski definition) is 1. The standard InChI is InChI=1S/C18H18N2O3/c21-17(20-11-4-5-12-20)14-7-6-8-15(13-14)19-18(22)23-16-9-2-1-3-10-16/h1-3,6-10,13H,4-5,11-12H2,(H,19,22). The molecule has 1 N–H and O–H groups in total. The summed E-state index contributed by atoms with van der Waals surface area (Å²) in [6.45, 7) is 1.60. The molecule has 0 unspecified atom stereocenters. The highest BCUT2D eigenvalue weighted by molar-refractivity contribution is 5.96. The number of carbonyl (C=O) groups is 2. The normalized spacial score (nSPS) is 13.7. The quantitative estimate of drug-likeness (QED) is 0.943. The van der Waals surface area contributed by atoms with Crippen molar-refractivity contribution in [3.05, 3.63) is 60.2 Å². The zero-order valence-corrected chi connectivity index (χ0v) is 12.7. The van der Waals surface area contributed by atoms with Gasteiger partial charge in [-0.3, -0.25) is 10.1 Å². The highest BCUT2D eigenvalue weighted by Gasteiger charge is 2.19. The molecule has 0 spiro atoms. The molecule has 2 aromatic rings. The van der Waals surface area contributed by atoms with Gasteiger partial charge in [-0.25, -0.2) is 4.79 Å². The molecule has 1 fully saturated rings. The van der Waals surface area contributed by atoms with Gasteiger partial charge in [0.15, 0.2) is 0 Å². The second kappa shape index (κ2) is 6.96. The van der Waals surface area contributed by atoms with Crippen LogP contribution in [0.1, 0.15) is 23.2 Å². The zero-order valence-electron chi connectivity index (χ0n) is 12.7. The second-order valence-corrected chi connectivity index (χ2v) is 5.41. The molecule has 23 heavy (non-hydrogen) atoms. The van der Waals surface area contributed by atoms with Crippen LogP contribution in [0.4, 0.5) is 10.5 Å². The Morgan fingerprint density at radius 1 is 0.957 bits per heavy atom. The molecule has 2 aromatic carbocycles. The first-order chi connectivity index (χ1) is 11.2. The van der Waals surface area contributed by atoms with Crippen LogP contribution < -0.4 is 10.1 Å². The van der Waals surface area contributed by atoms with Gasteiger partial charge in [-0.1, -0.05) is 24.3 Å². The summed E-state index contributed by atoms with van der Waals surface area (Å²) in [6, 6.07) is 15.7. The van der Waals surface area contributed by atoms with Crippen molar-refractivity contribution in [1.82, 2.24) is 4.90 Å². The predicted molar refractivity (Wildman–Crippen MR) is 87.7 cm³/mol. The number of rotatable bonds is 3. The van der Waals surface area contributed by atoms with Crippen LogP contribution in [0.5, 0.6) is 5.75 Å². The molecule has 5 nitrogen and oxygen atoms in total. The summed E-state index contributed by atoms with van der Waals surface area (Å²) in [5.74, 6) is 0.469. The van der Waals surface area contributed by atoms with E-state index in [0.717, 1.165) is 25.9 Å². The molecule has 3 rings (SSSR count). The molecule has 5 heteroatoms. The molecular weight excluding hydrogens is 292 g/mol. The molecule has 2 amide bonds. The number of para-hydroxylation sites is 1. The van der Waals surface area contributed by atoms with Gasteiger partial charge in [0.25, 0.3) is 5.91 Å². The Balaban J connectivity index is 1.65. The lowest BCUT2D eigenvalue weighted by Gasteiger charge is -2.15. The topological polar surface area (TPSA) is 58.6 Å². The third-order valence-corrected chi connectivity index (χ3v) is 3.70. The fourth-order valence-corrected chi connectivity index (χ4v) is 2.57. The number of likely N-dealkylation sites (tertiary alicyclic amines) is 1. The van der Waals surface area contributed by atoms with Gasteiger partial charge in [0.2, 0.25) is 0 Å². The summed E-state index contributed by atoms with van der Waals surface area (Å²) in [5.41, 5.74) is 1.11. The molecule has 0 radical (unpaired) electrons. The maximum Gasteiger partial charge on any atom is 0.417 e. The van der Waals surface area contributed by atoms with E-state index in [1.54, 1.807) is 48.5 Å². The minimum Gasteiger partial charge on any atom is -0.410 e. The second-order valence-electron chi connectivity index (χ2n) is 5.41. The molecule has 0 aromatic heterocycles. The van der Waals surface area contributed by atoms with Crippen LogP contribution in [0.3, 0.4) is 0 Å². The maximum atomic E-state index is 12.4. The van der Waals surface area contributed by atoms with E-state index in [-0.39, 0.29) is 5.91 Å². The average Bonchev–Trinajstić information content (AvgIpc) is 3.09. The van der Waals surface area contributed by atoms with Crippen molar-refractivity contribution in [3.8, 4) is 5.75 Å². The number of nitrogens with zero attached hydrogens (tertiary/aromatic N) is 1. The highest BCUT2D eigenvalue weighted by atomic mass is 16.6. The van der Waals surface area contributed by atoms with Crippen molar-refractivity contribution < 1.29 is 14.3 Å². The van der Waals surface area contributed by atoms with Gasteiger partial charge in [-0.15, -0.1) is 0 Å². The van der Waals surface area contributed by atoms with Crippen molar-refractivity contribution in [3.63, 3.8) is 0 Å². The Hall–Kier alpha value is -2.82. The SMILES string of the molecule is O=C(Nc1cccc(C(=O)N2CCCC2)c1)Oc1ccccc1. The third kappa shape index (κ3) is 3.88. The van der Waals surface area contributed by atoms with Gasteiger partial charge in [-0.2, -0.15) is 0 Å². The van der Waals surface area contributed by atoms with Crippen molar-refractivity contribution >= 4 is 17.7 Å². The highest BCUT2D eigenvalue weighted by Crippen LogP contribution is 2.17. The molecule has 0 bridgehead atoms. The Morgan fingerprint density at radius 2 is 1.70 bits per heavy atom. The molecule has 118 valence electrons. The summed E-state index contributed by atoms with van der Waals surface area (Å²) in [4.78, 5) is 26.1. The van der Waals surface area contributed by atoms with Gasteiger partial charge in [0, 0.05) is 24.3 Å². The van der Waals surface area contributed by atoms with Gasteiger partial charge in [-0.05, 0) is 43.2 Å². The Labute approximate surface area is 134 Å². The van der Waals surface area contributed by atoms with Crippen LogP contribution in [-0.2, 0) is 0 Å². The first-order valence-corrected chi connectivity index (χ1v) is 7.65. The minimum atomic E-state index is -0.582. The lowest BCUT2D eigenvalue weighted by Crippen LogP contribution is -2.27. The van der Waals surface area contributed by atoms with Gasteiger partial charge >= 0.3 is 6.09 Å². The molecule has 0 saturated carbocycles. The predicted octanol–water partition coefficient (Wildman–Crippen LogP) is 3.53. The lowest BCUT2D eigenvalue weighted by atomic mass is 10.2. The van der Waals surface area contributed by atoms with Crippen LogP contribution in [0.15, 0.2) is 54.6 Å². The summed E-state index contributed by atoms with van der Waals surface area (Å²) in [6.07, 6.45) is 1.52. The number of anilines is 1. The largest absolute Gasteiger partial charge is 0.417 e. The monoisotopic (exact) mass is 310 g/mol. The Bertz CT molecular complexity index is 694. The number of carbonyl (C=O) groups excluding carboxylic acids is 2. The average molecular weight is 310 g/mol. The molecule has 0 atom stereocenters. The molecule has 0 aliphatic carbocycles. The van der Waals surface area contributed by atoms with E-state index >= 15 is 0 Å². The lowest BCUT2D eigenvalue weighted by molar-refractivity contribution is 0.0793. The van der Waals surface area contributed by atoms with Gasteiger partial charge in [0.05, 0.1) is 0 Å². The van der Waals surface area contributed by atoms with Crippen molar-refractivity contribution in [1.29, 1.82) is 0 Å². The van der Waals surface area contributed by atoms with E-state index < -0.39 is 6.09 Å². The molecular formula is C18H18N2O3. The smallest absolute Gasteiger partial charge is 0.410 e. The first-order valence-electron chi connectivity index (χ1n) is 7.65. The van der Waals surface area contributed by atoms with Crippen LogP contribution in [0.25, 0.3) is 0 Å². The minimum absolute atomic E-state index is 0.00239. The fraction of sp³-hybridized carbons (Fsp3) is 0.222. The molecule has 1 aliphatic rings. The van der Waals surface area contributed by atoms with E-state index in [2.05, 4.69) is 5.32 Å². The van der Waals surface area contributed by atoms with Crippen LogP contribution in [0.2, 0.25) is 0 Å². The first kappa shape index (κ1) is 15.1. The fourth-order valence-electron chi connectivity index (χ4n) is 2.57. The van der Waals surface area contributed by atoms with Crippen molar-refractivity contribution in [2.45, 2.75) is 12.8 Å². The van der Waals surface area contributed by atoms with Crippen molar-refractivity contribution in [2.24, 2.45) is 0 Å². The molecule has 1 aliphatic heterocycles.